The van der Waals surface area contributed by atoms with Gasteiger partial charge in [-0.2, -0.15) is 5.26 Å². The van der Waals surface area contributed by atoms with Crippen LogP contribution in [0.1, 0.15) is 57.1 Å². The third-order valence-electron chi connectivity index (χ3n) is 10.5. The normalized spacial score (nSPS) is 22.1. The fourth-order valence-corrected chi connectivity index (χ4v) is 8.79. The van der Waals surface area contributed by atoms with Gasteiger partial charge in [0.2, 0.25) is 0 Å². The molecule has 0 N–H and O–H groups in total. The van der Waals surface area contributed by atoms with Gasteiger partial charge < -0.3 is 0 Å². The maximum absolute atomic E-state index is 9.77. The van der Waals surface area contributed by atoms with Gasteiger partial charge in [-0.1, -0.05) is 105 Å². The lowest BCUT2D eigenvalue weighted by molar-refractivity contribution is 0.0780. The largest absolute Gasteiger partial charge is 0.208 e. The number of hydrogen-bond acceptors (Lipinski definition) is 4. The van der Waals surface area contributed by atoms with Crippen molar-refractivity contribution < 1.29 is 0 Å². The topological polar surface area (TPSA) is 62.5 Å². The number of nitrogens with zero attached hydrogens (tertiary/aromatic N) is 4. The minimum Gasteiger partial charge on any atom is -0.208 e. The van der Waals surface area contributed by atoms with Gasteiger partial charge in [-0.25, -0.2) is 15.0 Å². The summed E-state index contributed by atoms with van der Waals surface area (Å²) >= 11 is 0. The van der Waals surface area contributed by atoms with Gasteiger partial charge >= 0.3 is 0 Å². The van der Waals surface area contributed by atoms with Crippen molar-refractivity contribution >= 4 is 10.8 Å². The van der Waals surface area contributed by atoms with Crippen LogP contribution in [0, 0.1) is 29.1 Å². The molecule has 0 saturated heterocycles. The Hall–Kier alpha value is -5.14. The van der Waals surface area contributed by atoms with Gasteiger partial charge in [0.1, 0.15) is 0 Å². The fraction of sp³-hybridized carbons (Fsp3) is 0.256. The van der Waals surface area contributed by atoms with E-state index in [0.717, 1.165) is 56.3 Å². The summed E-state index contributed by atoms with van der Waals surface area (Å²) in [6.07, 6.45) is 6.66. The van der Waals surface area contributed by atoms with Crippen LogP contribution in [-0.2, 0) is 5.41 Å². The second kappa shape index (κ2) is 11.9. The van der Waals surface area contributed by atoms with Crippen molar-refractivity contribution in [3.63, 3.8) is 0 Å². The molecule has 6 aromatic rings. The zero-order valence-electron chi connectivity index (χ0n) is 27.0. The van der Waals surface area contributed by atoms with Gasteiger partial charge in [0, 0.05) is 16.7 Å². The first-order valence-corrected chi connectivity index (χ1v) is 16.9. The molecule has 2 saturated carbocycles. The Morgan fingerprint density at radius 1 is 0.596 bits per heavy atom. The first-order chi connectivity index (χ1) is 23.0. The van der Waals surface area contributed by atoms with Crippen LogP contribution in [0.2, 0.25) is 0 Å². The van der Waals surface area contributed by atoms with Crippen LogP contribution in [0.3, 0.4) is 0 Å². The number of aromatic nitrogens is 3. The minimum absolute atomic E-state index is 0.293. The summed E-state index contributed by atoms with van der Waals surface area (Å²) in [5, 5.41) is 11.8. The predicted octanol–water partition coefficient (Wildman–Crippen LogP) is 10.7. The lowest BCUT2D eigenvalue weighted by Crippen LogP contribution is -2.42. The molecule has 4 nitrogen and oxygen atoms in total. The summed E-state index contributed by atoms with van der Waals surface area (Å²) < 4.78 is 0. The molecular weight excluding hydrogens is 573 g/mol. The van der Waals surface area contributed by atoms with Gasteiger partial charge in [0.05, 0.1) is 11.6 Å². The lowest BCUT2D eigenvalue weighted by atomic mass is 9.54. The third-order valence-corrected chi connectivity index (χ3v) is 10.5. The summed E-state index contributed by atoms with van der Waals surface area (Å²) in [6.45, 7) is 4.90. The first-order valence-electron chi connectivity index (χ1n) is 16.9. The molecule has 2 aliphatic rings. The molecule has 1 heterocycles. The number of benzene rings is 5. The van der Waals surface area contributed by atoms with Gasteiger partial charge in [-0.05, 0) is 107 Å². The molecule has 2 aliphatic carbocycles. The molecule has 0 radical (unpaired) electrons. The summed E-state index contributed by atoms with van der Waals surface area (Å²) in [7, 11) is 0. The average Bonchev–Trinajstić information content (AvgIpc) is 3.11. The van der Waals surface area contributed by atoms with Crippen LogP contribution in [0.25, 0.3) is 56.1 Å². The Morgan fingerprint density at radius 2 is 1.19 bits per heavy atom. The monoisotopic (exact) mass is 610 g/mol. The molecule has 47 heavy (non-hydrogen) atoms. The van der Waals surface area contributed by atoms with E-state index in [0.29, 0.717) is 28.5 Å². The van der Waals surface area contributed by atoms with Gasteiger partial charge in [-0.15, -0.1) is 0 Å². The second-order valence-corrected chi connectivity index (χ2v) is 14.1. The van der Waals surface area contributed by atoms with Gasteiger partial charge in [0.25, 0.3) is 0 Å². The zero-order valence-corrected chi connectivity index (χ0v) is 27.0. The number of hydrogen-bond donors (Lipinski definition) is 0. The standard InChI is InChI=1S/C43H38N4/c1-28-19-31-20-29(2)25-43(24-28,26-31)37-16-14-32(15-17-37)35-22-36-21-30(27-44)13-18-38(36)39(23-35)42-46-40(33-9-5-3-6-10-33)45-41(47-42)34-11-7-4-8-12-34/h3-18,21-23,28-29,31H,19-20,24-26H2,1-2H3/t28-,29+,31-,43?. The highest BCUT2D eigenvalue weighted by molar-refractivity contribution is 5.99. The highest BCUT2D eigenvalue weighted by Gasteiger charge is 2.45. The molecule has 230 valence electrons. The van der Waals surface area contributed by atoms with Crippen LogP contribution < -0.4 is 0 Å². The number of rotatable bonds is 5. The van der Waals surface area contributed by atoms with Crippen LogP contribution in [0.5, 0.6) is 0 Å². The van der Waals surface area contributed by atoms with Gasteiger partial charge in [-0.3, -0.25) is 0 Å². The molecule has 2 bridgehead atoms. The van der Waals surface area contributed by atoms with Crippen molar-refractivity contribution in [3.05, 3.63) is 126 Å². The molecule has 0 amide bonds. The quantitative estimate of drug-likeness (QED) is 0.195. The molecule has 1 unspecified atom stereocenters. The first kappa shape index (κ1) is 29.3. The Labute approximate surface area is 277 Å². The third kappa shape index (κ3) is 5.61. The van der Waals surface area contributed by atoms with E-state index in [2.05, 4.69) is 56.3 Å². The van der Waals surface area contributed by atoms with Crippen LogP contribution in [-0.4, -0.2) is 15.0 Å². The second-order valence-electron chi connectivity index (χ2n) is 14.1. The van der Waals surface area contributed by atoms with Crippen LogP contribution >= 0.6 is 0 Å². The lowest BCUT2D eigenvalue weighted by Gasteiger charge is -2.50. The molecule has 5 aromatic carbocycles. The summed E-state index contributed by atoms with van der Waals surface area (Å²) in [4.78, 5) is 15.0. The molecule has 0 spiro atoms. The van der Waals surface area contributed by atoms with Crippen LogP contribution in [0.15, 0.2) is 115 Å². The van der Waals surface area contributed by atoms with Crippen molar-refractivity contribution in [2.75, 3.05) is 0 Å². The Balaban J connectivity index is 1.27. The maximum Gasteiger partial charge on any atom is 0.164 e. The van der Waals surface area contributed by atoms with E-state index in [-0.39, 0.29) is 0 Å². The van der Waals surface area contributed by atoms with E-state index in [9.17, 15) is 5.26 Å². The smallest absolute Gasteiger partial charge is 0.164 e. The molecule has 8 rings (SSSR count). The minimum atomic E-state index is 0.293. The van der Waals surface area contributed by atoms with Crippen molar-refractivity contribution in [1.29, 1.82) is 5.26 Å². The highest BCUT2D eigenvalue weighted by atomic mass is 15.0. The van der Waals surface area contributed by atoms with Crippen LogP contribution in [0.4, 0.5) is 0 Å². The van der Waals surface area contributed by atoms with E-state index >= 15 is 0 Å². The fourth-order valence-electron chi connectivity index (χ4n) is 8.79. The average molecular weight is 611 g/mol. The molecule has 0 aliphatic heterocycles. The number of fused-ring (bicyclic) bond motifs is 3. The van der Waals surface area contributed by atoms with Crippen molar-refractivity contribution in [2.45, 2.75) is 51.4 Å². The van der Waals surface area contributed by atoms with E-state index in [1.165, 1.54) is 37.7 Å². The van der Waals surface area contributed by atoms with Crippen molar-refractivity contribution in [3.8, 4) is 51.4 Å². The van der Waals surface area contributed by atoms with Gasteiger partial charge in [0.15, 0.2) is 17.5 Å². The Bertz CT molecular complexity index is 2040. The van der Waals surface area contributed by atoms with E-state index in [1.54, 1.807) is 0 Å². The Kier molecular flexibility index (Phi) is 7.41. The molecule has 4 heteroatoms. The summed E-state index contributed by atoms with van der Waals surface area (Å²) in [6, 6.07) is 42.1. The number of nitriles is 1. The molecule has 1 aromatic heterocycles. The summed E-state index contributed by atoms with van der Waals surface area (Å²) in [5.74, 6) is 4.28. The summed E-state index contributed by atoms with van der Waals surface area (Å²) in [5.41, 5.74) is 7.45. The highest BCUT2D eigenvalue weighted by Crippen LogP contribution is 2.54. The van der Waals surface area contributed by atoms with E-state index < -0.39 is 0 Å². The van der Waals surface area contributed by atoms with Crippen molar-refractivity contribution in [2.24, 2.45) is 17.8 Å². The molecule has 2 fully saturated rings. The predicted molar refractivity (Wildman–Crippen MR) is 190 cm³/mol. The van der Waals surface area contributed by atoms with E-state index in [1.807, 2.05) is 78.9 Å². The zero-order chi connectivity index (χ0) is 32.0. The van der Waals surface area contributed by atoms with E-state index in [4.69, 9.17) is 15.0 Å². The SMILES string of the molecule is C[C@@H]1C[C@@H]2C[C@H](C)CC(c3ccc(-c4cc(-c5nc(-c6ccccc6)nc(-c6ccccc6)n5)c5ccc(C#N)cc5c4)cc3)(C1)C2. The molecule has 4 atom stereocenters. The molecular formula is C43H38N4. The Morgan fingerprint density at radius 3 is 1.79 bits per heavy atom. The van der Waals surface area contributed by atoms with Crippen molar-refractivity contribution in [1.82, 2.24) is 15.0 Å². The maximum atomic E-state index is 9.77.